The highest BCUT2D eigenvalue weighted by Crippen LogP contribution is 2.32. The van der Waals surface area contributed by atoms with E-state index in [1.165, 1.54) is 0 Å². The third-order valence-electron chi connectivity index (χ3n) is 5.04. The van der Waals surface area contributed by atoms with Gasteiger partial charge in [-0.3, -0.25) is 9.48 Å². The van der Waals surface area contributed by atoms with Crippen molar-refractivity contribution in [2.24, 2.45) is 0 Å². The van der Waals surface area contributed by atoms with Crippen LogP contribution in [-0.4, -0.2) is 53.4 Å². The fraction of sp³-hybridized carbons (Fsp3) is 0.529. The van der Waals surface area contributed by atoms with Crippen molar-refractivity contribution in [3.05, 3.63) is 40.8 Å². The fourth-order valence-corrected chi connectivity index (χ4v) is 4.39. The van der Waals surface area contributed by atoms with Gasteiger partial charge in [0.2, 0.25) is 0 Å². The van der Waals surface area contributed by atoms with Crippen molar-refractivity contribution in [2.45, 2.75) is 24.5 Å². The first-order valence-electron chi connectivity index (χ1n) is 8.43. The second-order valence-corrected chi connectivity index (χ2v) is 7.18. The molecule has 2 saturated heterocycles. The van der Waals surface area contributed by atoms with Gasteiger partial charge in [-0.1, -0.05) is 0 Å². The molecule has 7 heteroatoms. The third-order valence-corrected chi connectivity index (χ3v) is 5.74. The van der Waals surface area contributed by atoms with Crippen molar-refractivity contribution in [2.75, 3.05) is 32.8 Å². The lowest BCUT2D eigenvalue weighted by atomic mass is 9.86. The van der Waals surface area contributed by atoms with Crippen LogP contribution in [-0.2, 0) is 15.1 Å². The summed E-state index contributed by atoms with van der Waals surface area (Å²) in [5, 5.41) is 11.9. The molecular formula is C17H22N4O2S. The standard InChI is InChI=1S/C17H22N4O2S/c22-16(17(3-6-18-7-4-17)21-8-1-5-19-21)20-9-10-23-15(12-20)14-2-11-24-13-14/h1-2,5,8,11,13,15,18H,3-4,6-7,9-10,12H2. The summed E-state index contributed by atoms with van der Waals surface area (Å²) in [6.07, 6.45) is 5.19. The molecule has 2 aliphatic rings. The highest BCUT2D eigenvalue weighted by atomic mass is 32.1. The van der Waals surface area contributed by atoms with E-state index in [0.29, 0.717) is 19.7 Å². The van der Waals surface area contributed by atoms with Gasteiger partial charge in [0.15, 0.2) is 0 Å². The summed E-state index contributed by atoms with van der Waals surface area (Å²) < 4.78 is 7.76. The van der Waals surface area contributed by atoms with Crippen LogP contribution in [0.2, 0.25) is 0 Å². The lowest BCUT2D eigenvalue weighted by Crippen LogP contribution is -2.57. The number of carbonyl (C=O) groups is 1. The number of nitrogens with zero attached hydrogens (tertiary/aromatic N) is 3. The van der Waals surface area contributed by atoms with E-state index in [9.17, 15) is 4.79 Å². The zero-order chi connectivity index (χ0) is 16.4. The maximum atomic E-state index is 13.5. The fourth-order valence-electron chi connectivity index (χ4n) is 3.69. The molecule has 2 aliphatic heterocycles. The number of piperidine rings is 1. The van der Waals surface area contributed by atoms with Crippen molar-refractivity contribution < 1.29 is 9.53 Å². The Hall–Kier alpha value is -1.70. The Kier molecular flexibility index (Phi) is 4.39. The van der Waals surface area contributed by atoms with Gasteiger partial charge in [-0.25, -0.2) is 0 Å². The van der Waals surface area contributed by atoms with Gasteiger partial charge >= 0.3 is 0 Å². The molecule has 0 aromatic carbocycles. The largest absolute Gasteiger partial charge is 0.370 e. The number of morpholine rings is 1. The summed E-state index contributed by atoms with van der Waals surface area (Å²) in [4.78, 5) is 15.4. The van der Waals surface area contributed by atoms with Gasteiger partial charge in [-0.2, -0.15) is 16.4 Å². The van der Waals surface area contributed by atoms with Crippen molar-refractivity contribution >= 4 is 17.2 Å². The number of nitrogens with one attached hydrogen (secondary N) is 1. The van der Waals surface area contributed by atoms with Crippen molar-refractivity contribution in [3.8, 4) is 0 Å². The van der Waals surface area contributed by atoms with Crippen LogP contribution in [0, 0.1) is 0 Å². The monoisotopic (exact) mass is 346 g/mol. The maximum Gasteiger partial charge on any atom is 0.250 e. The van der Waals surface area contributed by atoms with Crippen molar-refractivity contribution in [1.82, 2.24) is 20.0 Å². The molecule has 6 nitrogen and oxygen atoms in total. The van der Waals surface area contributed by atoms with E-state index in [1.807, 2.05) is 21.8 Å². The van der Waals surface area contributed by atoms with Gasteiger partial charge in [-0.15, -0.1) is 0 Å². The SMILES string of the molecule is O=C(N1CCOC(c2ccsc2)C1)C1(n2cccn2)CCNCC1. The molecule has 4 heterocycles. The van der Waals surface area contributed by atoms with Crippen LogP contribution in [0.3, 0.4) is 0 Å². The van der Waals surface area contributed by atoms with Gasteiger partial charge in [0, 0.05) is 18.9 Å². The van der Waals surface area contributed by atoms with Crippen LogP contribution >= 0.6 is 11.3 Å². The Morgan fingerprint density at radius 2 is 2.29 bits per heavy atom. The molecule has 2 aromatic rings. The number of thiophene rings is 1. The van der Waals surface area contributed by atoms with E-state index >= 15 is 0 Å². The molecule has 24 heavy (non-hydrogen) atoms. The smallest absolute Gasteiger partial charge is 0.250 e. The minimum atomic E-state index is -0.564. The second kappa shape index (κ2) is 6.66. The minimum absolute atomic E-state index is 0.0228. The van der Waals surface area contributed by atoms with Gasteiger partial charge in [0.1, 0.15) is 11.6 Å². The molecule has 1 amide bonds. The molecule has 2 aromatic heterocycles. The molecule has 1 unspecified atom stereocenters. The quantitative estimate of drug-likeness (QED) is 0.918. The molecule has 1 atom stereocenters. The van der Waals surface area contributed by atoms with Crippen LogP contribution < -0.4 is 5.32 Å². The summed E-state index contributed by atoms with van der Waals surface area (Å²) in [7, 11) is 0. The molecule has 2 fully saturated rings. The summed E-state index contributed by atoms with van der Waals surface area (Å²) in [6, 6.07) is 3.97. The second-order valence-electron chi connectivity index (χ2n) is 6.40. The number of ether oxygens (including phenoxy) is 1. The molecule has 0 spiro atoms. The highest BCUT2D eigenvalue weighted by Gasteiger charge is 2.45. The van der Waals surface area contributed by atoms with E-state index in [1.54, 1.807) is 17.5 Å². The molecule has 4 rings (SSSR count). The van der Waals surface area contributed by atoms with Gasteiger partial charge in [-0.05, 0) is 54.4 Å². The molecule has 128 valence electrons. The van der Waals surface area contributed by atoms with Crippen LogP contribution in [0.15, 0.2) is 35.3 Å². The van der Waals surface area contributed by atoms with Gasteiger partial charge in [0.05, 0.1) is 13.2 Å². The van der Waals surface area contributed by atoms with E-state index in [4.69, 9.17) is 4.74 Å². The first-order valence-corrected chi connectivity index (χ1v) is 9.38. The van der Waals surface area contributed by atoms with Crippen molar-refractivity contribution in [1.29, 1.82) is 0 Å². The Labute approximate surface area is 145 Å². The first kappa shape index (κ1) is 15.8. The third kappa shape index (κ3) is 2.76. The average molecular weight is 346 g/mol. The highest BCUT2D eigenvalue weighted by molar-refractivity contribution is 7.07. The van der Waals surface area contributed by atoms with Crippen LogP contribution in [0.25, 0.3) is 0 Å². The Balaban J connectivity index is 1.58. The van der Waals surface area contributed by atoms with E-state index in [2.05, 4.69) is 27.2 Å². The molecule has 0 radical (unpaired) electrons. The summed E-state index contributed by atoms with van der Waals surface area (Å²) in [6.45, 7) is 3.52. The predicted octanol–water partition coefficient (Wildman–Crippen LogP) is 1.62. The zero-order valence-electron chi connectivity index (χ0n) is 13.6. The molecule has 0 saturated carbocycles. The average Bonchev–Trinajstić information content (AvgIpc) is 3.35. The summed E-state index contributed by atoms with van der Waals surface area (Å²) in [5.74, 6) is 0.177. The number of rotatable bonds is 3. The number of hydrogen-bond acceptors (Lipinski definition) is 5. The zero-order valence-corrected chi connectivity index (χ0v) is 14.4. The van der Waals surface area contributed by atoms with Gasteiger partial charge < -0.3 is 15.0 Å². The van der Waals surface area contributed by atoms with Crippen LogP contribution in [0.1, 0.15) is 24.5 Å². The Bertz CT molecular complexity index is 665. The Morgan fingerprint density at radius 1 is 1.42 bits per heavy atom. The van der Waals surface area contributed by atoms with Crippen LogP contribution in [0.5, 0.6) is 0 Å². The number of amides is 1. The lowest BCUT2D eigenvalue weighted by Gasteiger charge is -2.42. The molecular weight excluding hydrogens is 324 g/mol. The normalized spacial score (nSPS) is 24.0. The van der Waals surface area contributed by atoms with E-state index in [0.717, 1.165) is 31.5 Å². The maximum absolute atomic E-state index is 13.5. The lowest BCUT2D eigenvalue weighted by molar-refractivity contribution is -0.151. The summed E-state index contributed by atoms with van der Waals surface area (Å²) >= 11 is 1.66. The number of carbonyl (C=O) groups excluding carboxylic acids is 1. The first-order chi connectivity index (χ1) is 11.8. The van der Waals surface area contributed by atoms with E-state index in [-0.39, 0.29) is 12.0 Å². The predicted molar refractivity (Wildman–Crippen MR) is 91.9 cm³/mol. The summed E-state index contributed by atoms with van der Waals surface area (Å²) in [5.41, 5.74) is 0.599. The Morgan fingerprint density at radius 3 is 3.00 bits per heavy atom. The topological polar surface area (TPSA) is 59.4 Å². The molecule has 0 bridgehead atoms. The molecule has 0 aliphatic carbocycles. The number of aromatic nitrogens is 2. The van der Waals surface area contributed by atoms with E-state index < -0.39 is 5.54 Å². The number of hydrogen-bond donors (Lipinski definition) is 1. The molecule has 1 N–H and O–H groups in total. The minimum Gasteiger partial charge on any atom is -0.370 e. The van der Waals surface area contributed by atoms with Crippen molar-refractivity contribution in [3.63, 3.8) is 0 Å². The van der Waals surface area contributed by atoms with Gasteiger partial charge in [0.25, 0.3) is 5.91 Å². The van der Waals surface area contributed by atoms with Crippen LogP contribution in [0.4, 0.5) is 0 Å².